The molecular formula is Cs2F2. The largest absolute Gasteiger partial charge is 1.00 e. The molecule has 0 saturated heterocycles. The summed E-state index contributed by atoms with van der Waals surface area (Å²) < 4.78 is 0. The van der Waals surface area contributed by atoms with Crippen LogP contribution in [0.25, 0.3) is 0 Å². The van der Waals surface area contributed by atoms with E-state index in [-0.39, 0.29) is 147 Å². The van der Waals surface area contributed by atoms with Gasteiger partial charge in [0.15, 0.2) is 0 Å². The first-order chi connectivity index (χ1) is 0. The molecule has 0 aromatic rings. The molecule has 4 heavy (non-hydrogen) atoms. The molecule has 0 atom stereocenters. The van der Waals surface area contributed by atoms with Crippen molar-refractivity contribution in [1.82, 2.24) is 0 Å². The average Bonchev–Trinajstić information content (AvgIpc) is 0. The van der Waals surface area contributed by atoms with Gasteiger partial charge in [0, 0.05) is 0 Å². The summed E-state index contributed by atoms with van der Waals surface area (Å²) in [6.07, 6.45) is 0. The van der Waals surface area contributed by atoms with Crippen molar-refractivity contribution in [3.8, 4) is 0 Å². The zero-order valence-corrected chi connectivity index (χ0v) is 15.3. The van der Waals surface area contributed by atoms with E-state index < -0.39 is 0 Å². The zero-order valence-electron chi connectivity index (χ0n) is 2.76. The summed E-state index contributed by atoms with van der Waals surface area (Å²) in [6.45, 7) is 0. The number of halogens is 2. The molecule has 0 aromatic carbocycles. The van der Waals surface area contributed by atoms with Crippen LogP contribution >= 0.6 is 0 Å². The van der Waals surface area contributed by atoms with Crippen molar-refractivity contribution in [2.45, 2.75) is 0 Å². The standard InChI is InChI=1S/2Cs.2FH/h;;2*1H/q2*+1;;/p-2. The summed E-state index contributed by atoms with van der Waals surface area (Å²) in [5, 5.41) is 0. The first-order valence-electron chi connectivity index (χ1n) is 0. The minimum atomic E-state index is 0. The van der Waals surface area contributed by atoms with Gasteiger partial charge in [-0.3, -0.25) is 0 Å². The Labute approximate surface area is 141 Å². The maximum absolute atomic E-state index is 0. The van der Waals surface area contributed by atoms with Crippen molar-refractivity contribution in [3.05, 3.63) is 0 Å². The van der Waals surface area contributed by atoms with E-state index in [9.17, 15) is 0 Å². The molecular weight excluding hydrogens is 304 g/mol. The minimum absolute atomic E-state index is 0. The number of hydrogen-bond donors (Lipinski definition) is 0. The second-order valence-corrected chi connectivity index (χ2v) is 0. The normalized spacial score (nSPS) is 0. The quantitative estimate of drug-likeness (QED) is 0.417. The van der Waals surface area contributed by atoms with Gasteiger partial charge in [-0.25, -0.2) is 0 Å². The van der Waals surface area contributed by atoms with Crippen LogP contribution in [0.15, 0.2) is 0 Å². The van der Waals surface area contributed by atoms with E-state index in [0.29, 0.717) is 0 Å². The van der Waals surface area contributed by atoms with Crippen LogP contribution in [0.1, 0.15) is 0 Å². The van der Waals surface area contributed by atoms with Crippen molar-refractivity contribution >= 4 is 0 Å². The molecule has 0 heterocycles. The molecule has 0 radical (unpaired) electrons. The molecule has 0 bridgehead atoms. The Morgan fingerprint density at radius 1 is 0.500 bits per heavy atom. The van der Waals surface area contributed by atoms with Gasteiger partial charge < -0.3 is 9.41 Å². The maximum atomic E-state index is 0. The van der Waals surface area contributed by atoms with E-state index in [1.165, 1.54) is 0 Å². The predicted molar refractivity (Wildman–Crippen MR) is 0 cm³/mol. The molecule has 0 aliphatic rings. The molecule has 0 unspecified atom stereocenters. The van der Waals surface area contributed by atoms with Gasteiger partial charge in [-0.05, 0) is 0 Å². The van der Waals surface area contributed by atoms with Gasteiger partial charge in [-0.2, -0.15) is 0 Å². The molecule has 0 nitrogen and oxygen atoms in total. The molecule has 0 aliphatic carbocycles. The molecule has 16 valence electrons. The second-order valence-electron chi connectivity index (χ2n) is 0. The van der Waals surface area contributed by atoms with E-state index >= 15 is 0 Å². The monoisotopic (exact) mass is 304 g/mol. The molecule has 0 N–H and O–H groups in total. The van der Waals surface area contributed by atoms with Crippen LogP contribution in [0.4, 0.5) is 0 Å². The SMILES string of the molecule is [Cs+].[Cs+].[F-].[F-]. The van der Waals surface area contributed by atoms with Crippen LogP contribution < -0.4 is 147 Å². The van der Waals surface area contributed by atoms with Crippen LogP contribution in [0.5, 0.6) is 0 Å². The Morgan fingerprint density at radius 2 is 0.500 bits per heavy atom. The van der Waals surface area contributed by atoms with Gasteiger partial charge >= 0.3 is 138 Å². The molecule has 0 aromatic heterocycles. The van der Waals surface area contributed by atoms with E-state index in [4.69, 9.17) is 0 Å². The van der Waals surface area contributed by atoms with Crippen molar-refractivity contribution in [3.63, 3.8) is 0 Å². The van der Waals surface area contributed by atoms with Gasteiger partial charge in [0.05, 0.1) is 0 Å². The van der Waals surface area contributed by atoms with Gasteiger partial charge in [0.25, 0.3) is 0 Å². The number of rotatable bonds is 0. The summed E-state index contributed by atoms with van der Waals surface area (Å²) in [4.78, 5) is 0. The fraction of sp³-hybridized carbons (Fsp3) is 0. The van der Waals surface area contributed by atoms with Crippen molar-refractivity contribution < 1.29 is 147 Å². The summed E-state index contributed by atoms with van der Waals surface area (Å²) in [5.74, 6) is 0. The van der Waals surface area contributed by atoms with Crippen LogP contribution in [-0.4, -0.2) is 0 Å². The molecule has 0 aliphatic heterocycles. The van der Waals surface area contributed by atoms with Crippen LogP contribution in [0.2, 0.25) is 0 Å². The fourth-order valence-corrected chi connectivity index (χ4v) is 0. The summed E-state index contributed by atoms with van der Waals surface area (Å²) in [7, 11) is 0. The topological polar surface area (TPSA) is 0 Å². The predicted octanol–water partition coefficient (Wildman–Crippen LogP) is -12.0. The van der Waals surface area contributed by atoms with Gasteiger partial charge in [-0.15, -0.1) is 0 Å². The van der Waals surface area contributed by atoms with Crippen molar-refractivity contribution in [2.75, 3.05) is 0 Å². The molecule has 0 amide bonds. The van der Waals surface area contributed by atoms with E-state index in [1.807, 2.05) is 0 Å². The zero-order chi connectivity index (χ0) is 0. The Balaban J connectivity index is 0. The Bertz CT molecular complexity index is 4.00. The fourth-order valence-electron chi connectivity index (χ4n) is 0. The molecule has 0 saturated carbocycles. The average molecular weight is 304 g/mol. The Kier molecular flexibility index (Phi) is 96.9. The van der Waals surface area contributed by atoms with Crippen LogP contribution in [0.3, 0.4) is 0 Å². The molecule has 4 heteroatoms. The maximum Gasteiger partial charge on any atom is 1.00 e. The van der Waals surface area contributed by atoms with Gasteiger partial charge in [0.1, 0.15) is 0 Å². The molecule has 0 fully saturated rings. The third-order valence-electron chi connectivity index (χ3n) is 0. The van der Waals surface area contributed by atoms with E-state index in [0.717, 1.165) is 0 Å². The van der Waals surface area contributed by atoms with Gasteiger partial charge in [0.2, 0.25) is 0 Å². The molecule has 0 rings (SSSR count). The Morgan fingerprint density at radius 3 is 0.500 bits per heavy atom. The summed E-state index contributed by atoms with van der Waals surface area (Å²) in [5.41, 5.74) is 0. The van der Waals surface area contributed by atoms with Crippen LogP contribution in [0, 0.1) is 0 Å². The third-order valence-corrected chi connectivity index (χ3v) is 0. The van der Waals surface area contributed by atoms with Crippen molar-refractivity contribution in [1.29, 1.82) is 0 Å². The van der Waals surface area contributed by atoms with Crippen molar-refractivity contribution in [2.24, 2.45) is 0 Å². The van der Waals surface area contributed by atoms with Gasteiger partial charge in [-0.1, -0.05) is 0 Å². The Hall–Kier alpha value is 3.96. The molecule has 0 spiro atoms. The first kappa shape index (κ1) is 24.6. The van der Waals surface area contributed by atoms with E-state index in [1.54, 1.807) is 0 Å². The third kappa shape index (κ3) is 9.35. The minimum Gasteiger partial charge on any atom is -1.00 e. The summed E-state index contributed by atoms with van der Waals surface area (Å²) >= 11 is 0. The first-order valence-corrected chi connectivity index (χ1v) is 0. The second kappa shape index (κ2) is 15.8. The smallest absolute Gasteiger partial charge is 1.00 e. The van der Waals surface area contributed by atoms with Crippen LogP contribution in [-0.2, 0) is 0 Å². The number of hydrogen-bond acceptors (Lipinski definition) is 0. The van der Waals surface area contributed by atoms with E-state index in [2.05, 4.69) is 0 Å². The summed E-state index contributed by atoms with van der Waals surface area (Å²) in [6, 6.07) is 0.